The van der Waals surface area contributed by atoms with E-state index in [9.17, 15) is 14.4 Å². The molecular weight excluding hydrogens is 877 g/mol. The Labute approximate surface area is 437 Å². The standard InChI is InChI=1S/C65H106O6/c1-4-7-10-13-16-19-22-25-28-30-31-32-33-35-37-40-43-46-49-52-55-58-64(67)70-61-62(60-69-63(66)57-54-51-48-45-42-39-36-27-24-21-18-15-12-9-6-3)71-65(68)59-56-53-50-47-44-41-38-34-29-26-23-20-17-14-11-8-5-2/h7-8,10-11,16-17,19-20,25-29,31-32,36,38,41,47,50,62H,4-6,9,12-15,18,21-24,30,33-35,37,39-40,42-46,48-49,51-61H2,1-3H3/b10-7-,11-8-,19-16-,20-17-,28-25-,29-26-,32-31-,36-27-,41-38-,50-47-. The van der Waals surface area contributed by atoms with Gasteiger partial charge in [-0.1, -0.05) is 232 Å². The Kier molecular flexibility index (Phi) is 54.9. The van der Waals surface area contributed by atoms with Crippen molar-refractivity contribution < 1.29 is 28.6 Å². The molecule has 0 aliphatic heterocycles. The quantitative estimate of drug-likeness (QED) is 0.0261. The summed E-state index contributed by atoms with van der Waals surface area (Å²) in [6.07, 6.45) is 80.5. The maximum atomic E-state index is 12.8. The molecule has 0 spiro atoms. The van der Waals surface area contributed by atoms with E-state index in [4.69, 9.17) is 14.2 Å². The molecule has 0 aromatic carbocycles. The fourth-order valence-electron chi connectivity index (χ4n) is 7.64. The van der Waals surface area contributed by atoms with Gasteiger partial charge in [-0.3, -0.25) is 14.4 Å². The number of allylic oxidation sites excluding steroid dienone is 20. The number of hydrogen-bond donors (Lipinski definition) is 0. The van der Waals surface area contributed by atoms with E-state index in [0.717, 1.165) is 122 Å². The van der Waals surface area contributed by atoms with Crippen molar-refractivity contribution in [3.05, 3.63) is 122 Å². The second kappa shape index (κ2) is 58.4. The minimum atomic E-state index is -0.818. The summed E-state index contributed by atoms with van der Waals surface area (Å²) >= 11 is 0. The van der Waals surface area contributed by atoms with Crippen molar-refractivity contribution in [1.82, 2.24) is 0 Å². The van der Waals surface area contributed by atoms with Crippen LogP contribution in [0.4, 0.5) is 0 Å². The highest BCUT2D eigenvalue weighted by Crippen LogP contribution is 2.14. The number of rotatable bonds is 51. The molecule has 0 aromatic rings. The van der Waals surface area contributed by atoms with Crippen LogP contribution in [0.2, 0.25) is 0 Å². The predicted molar refractivity (Wildman–Crippen MR) is 306 cm³/mol. The van der Waals surface area contributed by atoms with Crippen molar-refractivity contribution in [3.8, 4) is 0 Å². The van der Waals surface area contributed by atoms with Crippen LogP contribution in [0, 0.1) is 0 Å². The first-order valence-electron chi connectivity index (χ1n) is 29.0. The fourth-order valence-corrected chi connectivity index (χ4v) is 7.64. The minimum Gasteiger partial charge on any atom is -0.462 e. The molecule has 0 saturated heterocycles. The van der Waals surface area contributed by atoms with Crippen molar-refractivity contribution >= 4 is 17.9 Å². The Balaban J connectivity index is 4.49. The minimum absolute atomic E-state index is 0.110. The van der Waals surface area contributed by atoms with E-state index in [-0.39, 0.29) is 37.5 Å². The lowest BCUT2D eigenvalue weighted by Crippen LogP contribution is -2.30. The van der Waals surface area contributed by atoms with Gasteiger partial charge < -0.3 is 14.2 Å². The molecule has 0 aromatic heterocycles. The first-order valence-corrected chi connectivity index (χ1v) is 29.0. The van der Waals surface area contributed by atoms with E-state index in [2.05, 4.69) is 142 Å². The van der Waals surface area contributed by atoms with Crippen LogP contribution in [-0.4, -0.2) is 37.2 Å². The van der Waals surface area contributed by atoms with Gasteiger partial charge in [0.2, 0.25) is 0 Å². The van der Waals surface area contributed by atoms with Crippen molar-refractivity contribution in [2.45, 2.75) is 258 Å². The largest absolute Gasteiger partial charge is 0.462 e. The number of carbonyl (C=O) groups excluding carboxylic acids is 3. The zero-order chi connectivity index (χ0) is 51.4. The van der Waals surface area contributed by atoms with E-state index in [0.29, 0.717) is 19.3 Å². The van der Waals surface area contributed by atoms with Crippen LogP contribution in [-0.2, 0) is 28.6 Å². The van der Waals surface area contributed by atoms with Crippen LogP contribution in [0.15, 0.2) is 122 Å². The van der Waals surface area contributed by atoms with E-state index >= 15 is 0 Å². The molecule has 0 aliphatic rings. The van der Waals surface area contributed by atoms with Gasteiger partial charge in [0.1, 0.15) is 13.2 Å². The number of unbranched alkanes of at least 4 members (excludes halogenated alkanes) is 20. The molecular formula is C65H106O6. The molecule has 0 aliphatic carbocycles. The molecule has 6 nitrogen and oxygen atoms in total. The van der Waals surface area contributed by atoms with Crippen LogP contribution in [0.3, 0.4) is 0 Å². The van der Waals surface area contributed by atoms with Crippen LogP contribution >= 0.6 is 0 Å². The Morgan fingerprint density at radius 2 is 0.563 bits per heavy atom. The normalized spacial score (nSPS) is 13.0. The first kappa shape index (κ1) is 66.8. The highest BCUT2D eigenvalue weighted by atomic mass is 16.6. The molecule has 0 rings (SSSR count). The SMILES string of the molecule is CC/C=C\C/C=C\C/C=C\C/C=C\C/C=C\CCCC(=O)OC(COC(=O)CCCCCCC/C=C\CCCCCCCC)COC(=O)CCCCCCCCCC/C=C\C/C=C\C/C=C\C/C=C\CC. The van der Waals surface area contributed by atoms with Crippen molar-refractivity contribution in [2.75, 3.05) is 13.2 Å². The van der Waals surface area contributed by atoms with E-state index in [1.54, 1.807) is 0 Å². The van der Waals surface area contributed by atoms with Crippen molar-refractivity contribution in [3.63, 3.8) is 0 Å². The first-order chi connectivity index (χ1) is 35.0. The summed E-state index contributed by atoms with van der Waals surface area (Å²) < 4.78 is 16.8. The zero-order valence-corrected chi connectivity index (χ0v) is 45.9. The molecule has 0 fully saturated rings. The smallest absolute Gasteiger partial charge is 0.306 e. The van der Waals surface area contributed by atoms with Crippen molar-refractivity contribution in [1.29, 1.82) is 0 Å². The molecule has 0 saturated carbocycles. The van der Waals surface area contributed by atoms with Crippen LogP contribution in [0.5, 0.6) is 0 Å². The van der Waals surface area contributed by atoms with E-state index in [1.165, 1.54) is 83.5 Å². The summed E-state index contributed by atoms with van der Waals surface area (Å²) in [5, 5.41) is 0. The Hall–Kier alpha value is -4.19. The topological polar surface area (TPSA) is 78.9 Å². The molecule has 0 radical (unpaired) electrons. The van der Waals surface area contributed by atoms with E-state index < -0.39 is 6.10 Å². The monoisotopic (exact) mass is 983 g/mol. The molecule has 0 amide bonds. The lowest BCUT2D eigenvalue weighted by atomic mass is 10.1. The molecule has 0 N–H and O–H groups in total. The van der Waals surface area contributed by atoms with Gasteiger partial charge in [0, 0.05) is 19.3 Å². The maximum absolute atomic E-state index is 12.8. The van der Waals surface area contributed by atoms with Gasteiger partial charge in [0.25, 0.3) is 0 Å². The molecule has 402 valence electrons. The molecule has 1 atom stereocenters. The van der Waals surface area contributed by atoms with E-state index in [1.807, 2.05) is 0 Å². The van der Waals surface area contributed by atoms with Crippen LogP contribution in [0.25, 0.3) is 0 Å². The second-order valence-corrected chi connectivity index (χ2v) is 18.8. The highest BCUT2D eigenvalue weighted by Gasteiger charge is 2.19. The average Bonchev–Trinajstić information content (AvgIpc) is 3.37. The third-order valence-electron chi connectivity index (χ3n) is 11.9. The van der Waals surface area contributed by atoms with Gasteiger partial charge in [0.15, 0.2) is 6.10 Å². The summed E-state index contributed by atoms with van der Waals surface area (Å²) in [7, 11) is 0. The van der Waals surface area contributed by atoms with Gasteiger partial charge in [-0.2, -0.15) is 0 Å². The predicted octanol–water partition coefficient (Wildman–Crippen LogP) is 19.6. The number of ether oxygens (including phenoxy) is 3. The Morgan fingerprint density at radius 1 is 0.296 bits per heavy atom. The Bertz CT molecular complexity index is 1500. The number of esters is 3. The highest BCUT2D eigenvalue weighted by molar-refractivity contribution is 5.71. The third-order valence-corrected chi connectivity index (χ3v) is 11.9. The summed E-state index contributed by atoms with van der Waals surface area (Å²) in [5.74, 6) is -0.986. The van der Waals surface area contributed by atoms with Gasteiger partial charge in [-0.15, -0.1) is 0 Å². The lowest BCUT2D eigenvalue weighted by molar-refractivity contribution is -0.167. The number of carbonyl (C=O) groups is 3. The Morgan fingerprint density at radius 3 is 0.915 bits per heavy atom. The van der Waals surface area contributed by atoms with Crippen molar-refractivity contribution in [2.24, 2.45) is 0 Å². The molecule has 71 heavy (non-hydrogen) atoms. The molecule has 0 bridgehead atoms. The summed E-state index contributed by atoms with van der Waals surface area (Å²) in [6.45, 7) is 6.35. The third kappa shape index (κ3) is 56.6. The summed E-state index contributed by atoms with van der Waals surface area (Å²) in [6, 6.07) is 0. The summed E-state index contributed by atoms with van der Waals surface area (Å²) in [5.41, 5.74) is 0. The van der Waals surface area contributed by atoms with Crippen LogP contribution in [0.1, 0.15) is 252 Å². The van der Waals surface area contributed by atoms with Gasteiger partial charge in [0.05, 0.1) is 0 Å². The zero-order valence-electron chi connectivity index (χ0n) is 45.9. The van der Waals surface area contributed by atoms with Gasteiger partial charge in [-0.05, 0) is 122 Å². The molecule has 6 heteroatoms. The molecule has 1 unspecified atom stereocenters. The fraction of sp³-hybridized carbons (Fsp3) is 0.646. The maximum Gasteiger partial charge on any atom is 0.306 e. The molecule has 0 heterocycles. The lowest BCUT2D eigenvalue weighted by Gasteiger charge is -2.18. The number of hydrogen-bond acceptors (Lipinski definition) is 6. The van der Waals surface area contributed by atoms with Gasteiger partial charge >= 0.3 is 17.9 Å². The average molecular weight is 984 g/mol. The summed E-state index contributed by atoms with van der Waals surface area (Å²) in [4.78, 5) is 38.2. The van der Waals surface area contributed by atoms with Gasteiger partial charge in [-0.25, -0.2) is 0 Å². The van der Waals surface area contributed by atoms with Crippen LogP contribution < -0.4 is 0 Å². The second-order valence-electron chi connectivity index (χ2n) is 18.8.